The first kappa shape index (κ1) is 18.9. The van der Waals surface area contributed by atoms with Crippen LogP contribution < -0.4 is 10.1 Å². The summed E-state index contributed by atoms with van der Waals surface area (Å²) in [7, 11) is 0. The molecule has 1 aliphatic rings. The van der Waals surface area contributed by atoms with Crippen LogP contribution in [0, 0.1) is 10.1 Å². The normalized spacial score (nSPS) is 13.0. The Labute approximate surface area is 160 Å². The number of nitrogens with one attached hydrogen (secondary N) is 1. The number of rotatable bonds is 7. The highest BCUT2D eigenvalue weighted by molar-refractivity contribution is 7.99. The Morgan fingerprint density at radius 2 is 2.11 bits per heavy atom. The van der Waals surface area contributed by atoms with Gasteiger partial charge in [-0.05, 0) is 18.2 Å². The smallest absolute Gasteiger partial charge is 0.270 e. The second-order valence-corrected chi connectivity index (χ2v) is 6.85. The maximum absolute atomic E-state index is 12.0. The summed E-state index contributed by atoms with van der Waals surface area (Å²) in [4.78, 5) is 23.8. The number of ether oxygens (including phenoxy) is 2. The Morgan fingerprint density at radius 3 is 2.89 bits per heavy atom. The molecule has 0 aromatic heterocycles. The van der Waals surface area contributed by atoms with Gasteiger partial charge in [0.1, 0.15) is 5.75 Å². The van der Waals surface area contributed by atoms with Crippen LogP contribution in [-0.4, -0.2) is 29.9 Å². The molecule has 0 fully saturated rings. The minimum Gasteiger partial charge on any atom is -0.467 e. The Kier molecular flexibility index (Phi) is 6.45. The van der Waals surface area contributed by atoms with E-state index in [1.165, 1.54) is 24.3 Å². The van der Waals surface area contributed by atoms with E-state index in [1.54, 1.807) is 11.8 Å². The van der Waals surface area contributed by atoms with E-state index < -0.39 is 4.92 Å². The van der Waals surface area contributed by atoms with Gasteiger partial charge in [0.05, 0.1) is 11.5 Å². The van der Waals surface area contributed by atoms with Crippen molar-refractivity contribution in [1.29, 1.82) is 0 Å². The molecule has 0 saturated heterocycles. The van der Waals surface area contributed by atoms with Crippen molar-refractivity contribution in [3.8, 4) is 5.75 Å². The second-order valence-electron chi connectivity index (χ2n) is 5.68. The van der Waals surface area contributed by atoms with E-state index in [0.29, 0.717) is 23.4 Å². The molecule has 0 spiro atoms. The van der Waals surface area contributed by atoms with E-state index in [-0.39, 0.29) is 25.0 Å². The zero-order valence-corrected chi connectivity index (χ0v) is 15.2. The molecule has 27 heavy (non-hydrogen) atoms. The summed E-state index contributed by atoms with van der Waals surface area (Å²) < 4.78 is 10.6. The minimum atomic E-state index is -0.479. The highest BCUT2D eigenvalue weighted by atomic mass is 32.2. The van der Waals surface area contributed by atoms with Crippen LogP contribution in [0.5, 0.6) is 5.75 Å². The number of nitro groups is 1. The summed E-state index contributed by atoms with van der Waals surface area (Å²) in [5.74, 6) is 0.988. The molecule has 0 atom stereocenters. The molecule has 0 saturated carbocycles. The number of hydrogen-bond acceptors (Lipinski definition) is 6. The lowest BCUT2D eigenvalue weighted by atomic mass is 10.1. The molecule has 1 N–H and O–H groups in total. The highest BCUT2D eigenvalue weighted by Gasteiger charge is 2.19. The van der Waals surface area contributed by atoms with E-state index >= 15 is 0 Å². The first-order chi connectivity index (χ1) is 13.1. The maximum atomic E-state index is 12.0. The summed E-state index contributed by atoms with van der Waals surface area (Å²) in [5.41, 5.74) is 1.01. The SMILES string of the molecule is O=C(/C=C/c1cc([N+](=O)[O-])cc2c1OCOC2)NCCSc1ccccc1. The Morgan fingerprint density at radius 1 is 1.30 bits per heavy atom. The molecular weight excluding hydrogens is 368 g/mol. The highest BCUT2D eigenvalue weighted by Crippen LogP contribution is 2.33. The summed E-state index contributed by atoms with van der Waals surface area (Å²) in [6.45, 7) is 0.829. The van der Waals surface area contributed by atoms with E-state index in [2.05, 4.69) is 5.32 Å². The van der Waals surface area contributed by atoms with Crippen LogP contribution in [-0.2, 0) is 16.1 Å². The van der Waals surface area contributed by atoms with Crippen molar-refractivity contribution in [2.45, 2.75) is 11.5 Å². The Balaban J connectivity index is 1.59. The number of fused-ring (bicyclic) bond motifs is 1. The van der Waals surface area contributed by atoms with Gasteiger partial charge in [-0.25, -0.2) is 0 Å². The van der Waals surface area contributed by atoms with Crippen LogP contribution in [0.2, 0.25) is 0 Å². The van der Waals surface area contributed by atoms with Gasteiger partial charge in [0.15, 0.2) is 6.79 Å². The molecule has 140 valence electrons. The third-order valence-electron chi connectivity index (χ3n) is 3.76. The predicted molar refractivity (Wildman–Crippen MR) is 103 cm³/mol. The molecule has 0 radical (unpaired) electrons. The summed E-state index contributed by atoms with van der Waals surface area (Å²) in [5, 5.41) is 13.9. The van der Waals surface area contributed by atoms with Gasteiger partial charge in [-0.15, -0.1) is 11.8 Å². The predicted octanol–water partition coefficient (Wildman–Crippen LogP) is 3.38. The molecule has 3 rings (SSSR count). The number of hydrogen-bond donors (Lipinski definition) is 1. The summed E-state index contributed by atoms with van der Waals surface area (Å²) in [6.07, 6.45) is 2.88. The number of nitro benzene ring substituents is 1. The van der Waals surface area contributed by atoms with Crippen molar-refractivity contribution < 1.29 is 19.2 Å². The van der Waals surface area contributed by atoms with Crippen LogP contribution in [0.3, 0.4) is 0 Å². The fourth-order valence-corrected chi connectivity index (χ4v) is 3.33. The molecule has 0 aliphatic carbocycles. The van der Waals surface area contributed by atoms with Crippen LogP contribution >= 0.6 is 11.8 Å². The molecule has 1 amide bonds. The molecule has 0 unspecified atom stereocenters. The van der Waals surface area contributed by atoms with Crippen LogP contribution in [0.1, 0.15) is 11.1 Å². The van der Waals surface area contributed by atoms with Gasteiger partial charge in [0, 0.05) is 46.5 Å². The number of thioether (sulfide) groups is 1. The van der Waals surface area contributed by atoms with Crippen molar-refractivity contribution in [2.24, 2.45) is 0 Å². The average molecular weight is 386 g/mol. The third-order valence-corrected chi connectivity index (χ3v) is 4.78. The van der Waals surface area contributed by atoms with Gasteiger partial charge < -0.3 is 14.8 Å². The van der Waals surface area contributed by atoms with Crippen LogP contribution in [0.4, 0.5) is 5.69 Å². The molecule has 8 heteroatoms. The van der Waals surface area contributed by atoms with E-state index in [1.807, 2.05) is 30.3 Å². The number of benzene rings is 2. The lowest BCUT2D eigenvalue weighted by Crippen LogP contribution is -2.23. The first-order valence-corrected chi connectivity index (χ1v) is 9.27. The fraction of sp³-hybridized carbons (Fsp3) is 0.211. The molecule has 2 aromatic carbocycles. The van der Waals surface area contributed by atoms with Crippen LogP contribution in [0.15, 0.2) is 53.4 Å². The van der Waals surface area contributed by atoms with Crippen molar-refractivity contribution in [3.05, 3.63) is 69.8 Å². The van der Waals surface area contributed by atoms with Crippen molar-refractivity contribution >= 4 is 29.4 Å². The monoisotopic (exact) mass is 386 g/mol. The molecule has 0 bridgehead atoms. The molecular formula is C19H18N2O5S. The number of carbonyl (C=O) groups excluding carboxylic acids is 1. The average Bonchev–Trinajstić information content (AvgIpc) is 2.70. The fourth-order valence-electron chi connectivity index (χ4n) is 2.54. The number of nitrogens with zero attached hydrogens (tertiary/aromatic N) is 1. The minimum absolute atomic E-state index is 0.0674. The topological polar surface area (TPSA) is 90.7 Å². The van der Waals surface area contributed by atoms with Crippen LogP contribution in [0.25, 0.3) is 6.08 Å². The number of amides is 1. The number of non-ortho nitro benzene ring substituents is 1. The quantitative estimate of drug-likeness (QED) is 0.258. The van der Waals surface area contributed by atoms with Gasteiger partial charge in [-0.2, -0.15) is 0 Å². The maximum Gasteiger partial charge on any atom is 0.270 e. The van der Waals surface area contributed by atoms with Gasteiger partial charge in [-0.1, -0.05) is 18.2 Å². The van der Waals surface area contributed by atoms with E-state index in [0.717, 1.165) is 10.6 Å². The lowest BCUT2D eigenvalue weighted by molar-refractivity contribution is -0.385. The van der Waals surface area contributed by atoms with E-state index in [4.69, 9.17) is 9.47 Å². The molecule has 1 heterocycles. The summed E-state index contributed by atoms with van der Waals surface area (Å²) in [6, 6.07) is 12.7. The molecule has 7 nitrogen and oxygen atoms in total. The second kappa shape index (κ2) is 9.20. The van der Waals surface area contributed by atoms with Gasteiger partial charge in [-0.3, -0.25) is 14.9 Å². The third kappa shape index (κ3) is 5.32. The van der Waals surface area contributed by atoms with Crippen molar-refractivity contribution in [1.82, 2.24) is 5.32 Å². The Hall–Kier alpha value is -2.84. The van der Waals surface area contributed by atoms with Crippen molar-refractivity contribution in [3.63, 3.8) is 0 Å². The molecule has 1 aliphatic heterocycles. The van der Waals surface area contributed by atoms with Gasteiger partial charge in [0.2, 0.25) is 5.91 Å². The largest absolute Gasteiger partial charge is 0.467 e. The zero-order valence-electron chi connectivity index (χ0n) is 14.4. The van der Waals surface area contributed by atoms with Gasteiger partial charge in [0.25, 0.3) is 5.69 Å². The lowest BCUT2D eigenvalue weighted by Gasteiger charge is -2.19. The van der Waals surface area contributed by atoms with Crippen molar-refractivity contribution in [2.75, 3.05) is 19.1 Å². The molecule has 2 aromatic rings. The standard InChI is InChI=1S/C19H18N2O5S/c22-18(20-8-9-27-17-4-2-1-3-5-17)7-6-14-10-16(21(23)24)11-15-12-25-13-26-19(14)15/h1-7,10-11H,8-9,12-13H2,(H,20,22)/b7-6+. The zero-order chi connectivity index (χ0) is 19.1. The van der Waals surface area contributed by atoms with E-state index in [9.17, 15) is 14.9 Å². The van der Waals surface area contributed by atoms with Gasteiger partial charge >= 0.3 is 0 Å². The summed E-state index contributed by atoms with van der Waals surface area (Å²) >= 11 is 1.65. The Bertz CT molecular complexity index is 855. The first-order valence-electron chi connectivity index (χ1n) is 8.29. The number of carbonyl (C=O) groups is 1.